The van der Waals surface area contributed by atoms with Crippen molar-refractivity contribution in [2.24, 2.45) is 0 Å². The van der Waals surface area contributed by atoms with Crippen LogP contribution in [0.3, 0.4) is 0 Å². The van der Waals surface area contributed by atoms with Crippen LogP contribution in [0.1, 0.15) is 13.8 Å². The van der Waals surface area contributed by atoms with Gasteiger partial charge in [0.15, 0.2) is 21.5 Å². The van der Waals surface area contributed by atoms with E-state index in [0.29, 0.717) is 22.2 Å². The van der Waals surface area contributed by atoms with Gasteiger partial charge in [-0.2, -0.15) is 0 Å². The van der Waals surface area contributed by atoms with Crippen molar-refractivity contribution in [2.45, 2.75) is 30.8 Å². The molecule has 2 aromatic carbocycles. The van der Waals surface area contributed by atoms with Crippen molar-refractivity contribution >= 4 is 44.0 Å². The predicted molar refractivity (Wildman–Crippen MR) is 154 cm³/mol. The van der Waals surface area contributed by atoms with Crippen LogP contribution in [0.5, 0.6) is 0 Å². The van der Waals surface area contributed by atoms with Gasteiger partial charge in [-0.05, 0) is 39.1 Å². The lowest BCUT2D eigenvalue weighted by atomic mass is 10.1. The summed E-state index contributed by atoms with van der Waals surface area (Å²) in [5, 5.41) is 6.26. The third-order valence-corrected chi connectivity index (χ3v) is 8.45. The number of aromatic nitrogens is 3. The molecule has 2 aromatic heterocycles. The number of hydrogen-bond acceptors (Lipinski definition) is 8. The van der Waals surface area contributed by atoms with Crippen LogP contribution in [0.4, 0.5) is 26.1 Å². The third-order valence-electron chi connectivity index (χ3n) is 7.34. The number of fused-ring (bicyclic) bond motifs is 1. The number of para-hydroxylation sites is 1. The summed E-state index contributed by atoms with van der Waals surface area (Å²) < 4.78 is 53.6. The lowest BCUT2D eigenvalue weighted by Gasteiger charge is -2.41. The number of piperazine rings is 1. The van der Waals surface area contributed by atoms with E-state index in [-0.39, 0.29) is 35.3 Å². The van der Waals surface area contributed by atoms with E-state index in [9.17, 15) is 22.0 Å². The Morgan fingerprint density at radius 2 is 1.88 bits per heavy atom. The van der Waals surface area contributed by atoms with Crippen LogP contribution >= 0.6 is 0 Å². The number of hydrogen-bond donors (Lipinski definition) is 3. The largest absolute Gasteiger partial charge is 0.359 e. The van der Waals surface area contributed by atoms with Crippen LogP contribution in [0.15, 0.2) is 53.7 Å². The second-order valence-corrected chi connectivity index (χ2v) is 12.3. The van der Waals surface area contributed by atoms with Crippen molar-refractivity contribution in [1.82, 2.24) is 24.8 Å². The Hall–Kier alpha value is -3.94. The Labute approximate surface area is 236 Å². The highest BCUT2D eigenvalue weighted by Gasteiger charge is 2.30. The number of nitrogens with one attached hydrogen (secondary N) is 3. The van der Waals surface area contributed by atoms with E-state index in [1.165, 1.54) is 12.1 Å². The molecule has 0 unspecified atom stereocenters. The lowest BCUT2D eigenvalue weighted by molar-refractivity contribution is -0.122. The number of carbonyl (C=O) groups excluding carboxylic acids is 1. The number of likely N-dealkylation sites (N-methyl/N-ethyl adjacent to an activating group) is 1. The molecule has 216 valence electrons. The first-order chi connectivity index (χ1) is 19.4. The zero-order chi connectivity index (χ0) is 29.5. The summed E-state index contributed by atoms with van der Waals surface area (Å²) in [4.78, 5) is 28.4. The molecule has 0 aliphatic carbocycles. The Morgan fingerprint density at radius 3 is 2.61 bits per heavy atom. The van der Waals surface area contributed by atoms with Gasteiger partial charge >= 0.3 is 0 Å². The van der Waals surface area contributed by atoms with Crippen LogP contribution in [-0.2, 0) is 14.6 Å². The molecule has 1 fully saturated rings. The van der Waals surface area contributed by atoms with Gasteiger partial charge in [-0.3, -0.25) is 9.69 Å². The standard InChI is InChI=1S/C28H31F2N7O3S/c1-16-15-36(3)11-12-37(16)17(2)27(38)33-22-9-5-7-18-19(13-31-26(18)22)25-20(29)14-32-28(35-25)34-21-8-6-10-23(24(21)30)41(4,39)40/h5-10,13-14,16-17,31H,11-12,15H2,1-4H3,(H,33,38)(H,32,34,35)/t16-,17+/m1/s1. The van der Waals surface area contributed by atoms with Crippen LogP contribution < -0.4 is 10.6 Å². The number of nitrogens with zero attached hydrogens (tertiary/aromatic N) is 4. The zero-order valence-corrected chi connectivity index (χ0v) is 23.9. The Kier molecular flexibility index (Phi) is 7.77. The van der Waals surface area contributed by atoms with Crippen LogP contribution in [0, 0.1) is 11.6 Å². The molecular weight excluding hydrogens is 552 g/mol. The van der Waals surface area contributed by atoms with Gasteiger partial charge in [-0.25, -0.2) is 27.2 Å². The average Bonchev–Trinajstić information content (AvgIpc) is 3.35. The molecule has 3 heterocycles. The van der Waals surface area contributed by atoms with Crippen molar-refractivity contribution in [1.29, 1.82) is 0 Å². The molecule has 13 heteroatoms. The zero-order valence-electron chi connectivity index (χ0n) is 23.1. The van der Waals surface area contributed by atoms with Gasteiger partial charge in [0.1, 0.15) is 10.6 Å². The minimum absolute atomic E-state index is 0.0588. The van der Waals surface area contributed by atoms with Gasteiger partial charge in [0.2, 0.25) is 11.9 Å². The highest BCUT2D eigenvalue weighted by Crippen LogP contribution is 2.34. The monoisotopic (exact) mass is 583 g/mol. The molecule has 2 atom stereocenters. The normalized spacial score (nSPS) is 17.5. The first-order valence-electron chi connectivity index (χ1n) is 13.1. The maximum atomic E-state index is 15.0. The summed E-state index contributed by atoms with van der Waals surface area (Å²) in [5.41, 5.74) is 1.31. The molecule has 5 rings (SSSR count). The number of sulfone groups is 1. The molecule has 3 N–H and O–H groups in total. The number of H-pyrrole nitrogens is 1. The summed E-state index contributed by atoms with van der Waals surface area (Å²) in [7, 11) is -1.74. The number of rotatable bonds is 7. The molecule has 1 aliphatic heterocycles. The number of carbonyl (C=O) groups is 1. The second-order valence-electron chi connectivity index (χ2n) is 10.3. The molecule has 4 aromatic rings. The van der Waals surface area contributed by atoms with Crippen molar-refractivity contribution < 1.29 is 22.0 Å². The van der Waals surface area contributed by atoms with Crippen LogP contribution in [-0.4, -0.2) is 84.1 Å². The maximum Gasteiger partial charge on any atom is 0.241 e. The second kappa shape index (κ2) is 11.1. The number of halogens is 2. The summed E-state index contributed by atoms with van der Waals surface area (Å²) in [6.07, 6.45) is 3.43. The van der Waals surface area contributed by atoms with Crippen molar-refractivity contribution in [3.63, 3.8) is 0 Å². The molecule has 0 spiro atoms. The fraction of sp³-hybridized carbons (Fsp3) is 0.321. The van der Waals surface area contributed by atoms with E-state index >= 15 is 0 Å². The van der Waals surface area contributed by atoms with Gasteiger partial charge in [0, 0.05) is 49.1 Å². The van der Waals surface area contributed by atoms with E-state index in [1.54, 1.807) is 24.4 Å². The van der Waals surface area contributed by atoms with Crippen molar-refractivity contribution in [2.75, 3.05) is 43.6 Å². The predicted octanol–water partition coefficient (Wildman–Crippen LogP) is 4.01. The molecule has 10 nitrogen and oxygen atoms in total. The van der Waals surface area contributed by atoms with Crippen molar-refractivity contribution in [3.8, 4) is 11.3 Å². The van der Waals surface area contributed by atoms with E-state index in [1.807, 2.05) is 6.92 Å². The molecule has 0 bridgehead atoms. The van der Waals surface area contributed by atoms with E-state index < -0.39 is 26.4 Å². The van der Waals surface area contributed by atoms with E-state index in [4.69, 9.17) is 0 Å². The van der Waals surface area contributed by atoms with Crippen LogP contribution in [0.25, 0.3) is 22.2 Å². The Morgan fingerprint density at radius 1 is 1.15 bits per heavy atom. The third kappa shape index (κ3) is 5.78. The minimum atomic E-state index is -3.81. The minimum Gasteiger partial charge on any atom is -0.359 e. The Balaban J connectivity index is 1.42. The summed E-state index contributed by atoms with van der Waals surface area (Å²) in [5.74, 6) is -1.98. The van der Waals surface area contributed by atoms with E-state index in [0.717, 1.165) is 38.2 Å². The number of benzene rings is 2. The average molecular weight is 584 g/mol. The van der Waals surface area contributed by atoms with Gasteiger partial charge in [0.25, 0.3) is 0 Å². The topological polar surface area (TPSA) is 123 Å². The van der Waals surface area contributed by atoms with Crippen LogP contribution in [0.2, 0.25) is 0 Å². The number of anilines is 3. The summed E-state index contributed by atoms with van der Waals surface area (Å²) in [6, 6.07) is 9.04. The molecule has 0 saturated carbocycles. The molecule has 1 amide bonds. The first-order valence-corrected chi connectivity index (χ1v) is 15.0. The smallest absolute Gasteiger partial charge is 0.241 e. The van der Waals surface area contributed by atoms with Gasteiger partial charge in [0.05, 0.1) is 29.1 Å². The molecule has 41 heavy (non-hydrogen) atoms. The van der Waals surface area contributed by atoms with E-state index in [2.05, 4.69) is 49.4 Å². The fourth-order valence-corrected chi connectivity index (χ4v) is 5.96. The quantitative estimate of drug-likeness (QED) is 0.298. The molecule has 1 aliphatic rings. The Bertz CT molecular complexity index is 1730. The lowest BCUT2D eigenvalue weighted by Crippen LogP contribution is -2.56. The fourth-order valence-electron chi connectivity index (χ4n) is 5.20. The highest BCUT2D eigenvalue weighted by atomic mass is 32.2. The highest BCUT2D eigenvalue weighted by molar-refractivity contribution is 7.90. The van der Waals surface area contributed by atoms with Gasteiger partial charge in [-0.15, -0.1) is 0 Å². The number of amides is 1. The van der Waals surface area contributed by atoms with Gasteiger partial charge in [-0.1, -0.05) is 18.2 Å². The SMILES string of the molecule is C[C@@H]1CN(C)CCN1[C@@H](C)C(=O)Nc1cccc2c(-c3nc(Nc4cccc(S(C)(=O)=O)c4F)ncc3F)c[nH]c12. The summed E-state index contributed by atoms with van der Waals surface area (Å²) >= 11 is 0. The number of aromatic amines is 1. The van der Waals surface area contributed by atoms with Crippen molar-refractivity contribution in [3.05, 3.63) is 60.4 Å². The molecular formula is C28H31F2N7O3S. The molecule has 0 radical (unpaired) electrons. The maximum absolute atomic E-state index is 15.0. The molecule has 1 saturated heterocycles. The van der Waals surface area contributed by atoms with Gasteiger partial charge < -0.3 is 20.5 Å². The summed E-state index contributed by atoms with van der Waals surface area (Å²) in [6.45, 7) is 6.54. The first kappa shape index (κ1) is 28.6.